The molecule has 0 aromatic heterocycles. The van der Waals surface area contributed by atoms with Crippen LogP contribution in [0.25, 0.3) is 0 Å². The minimum absolute atomic E-state index is 0.238. The van der Waals surface area contributed by atoms with E-state index in [9.17, 15) is 4.79 Å². The predicted octanol–water partition coefficient (Wildman–Crippen LogP) is 3.04. The Labute approximate surface area is 128 Å². The molecule has 1 heterocycles. The van der Waals surface area contributed by atoms with Crippen molar-refractivity contribution in [3.05, 3.63) is 0 Å². The molecular formula is C16H30N2OS. The van der Waals surface area contributed by atoms with Crippen molar-refractivity contribution in [1.29, 1.82) is 0 Å². The molecule has 1 aliphatic heterocycles. The lowest BCUT2D eigenvalue weighted by atomic mass is 9.97. The Morgan fingerprint density at radius 1 is 1.15 bits per heavy atom. The van der Waals surface area contributed by atoms with Crippen molar-refractivity contribution in [1.82, 2.24) is 10.2 Å². The van der Waals surface area contributed by atoms with E-state index in [1.165, 1.54) is 44.9 Å². The summed E-state index contributed by atoms with van der Waals surface area (Å²) < 4.78 is 0. The lowest BCUT2D eigenvalue weighted by Gasteiger charge is -2.37. The van der Waals surface area contributed by atoms with Crippen molar-refractivity contribution >= 4 is 17.7 Å². The van der Waals surface area contributed by atoms with Gasteiger partial charge in [0.25, 0.3) is 0 Å². The molecule has 0 aromatic rings. The summed E-state index contributed by atoms with van der Waals surface area (Å²) in [6.07, 6.45) is 8.95. The third-order valence-electron chi connectivity index (χ3n) is 4.83. The van der Waals surface area contributed by atoms with Crippen molar-refractivity contribution in [2.24, 2.45) is 0 Å². The molecule has 2 atom stereocenters. The minimum Gasteiger partial charge on any atom is -0.352 e. The fourth-order valence-corrected chi connectivity index (χ4v) is 4.44. The van der Waals surface area contributed by atoms with Gasteiger partial charge in [0.1, 0.15) is 0 Å². The van der Waals surface area contributed by atoms with E-state index in [1.54, 1.807) is 0 Å². The second kappa shape index (κ2) is 8.28. The summed E-state index contributed by atoms with van der Waals surface area (Å²) in [5.41, 5.74) is 0. The van der Waals surface area contributed by atoms with Crippen LogP contribution in [0.4, 0.5) is 0 Å². The molecular weight excluding hydrogens is 268 g/mol. The maximum atomic E-state index is 12.3. The van der Waals surface area contributed by atoms with Gasteiger partial charge in [-0.05, 0) is 19.8 Å². The zero-order valence-corrected chi connectivity index (χ0v) is 13.9. The van der Waals surface area contributed by atoms with Crippen LogP contribution in [0.15, 0.2) is 0 Å². The fraction of sp³-hybridized carbons (Fsp3) is 0.938. The molecule has 116 valence electrons. The monoisotopic (exact) mass is 298 g/mol. The number of nitrogens with one attached hydrogen (secondary N) is 1. The molecule has 0 unspecified atom stereocenters. The molecule has 0 bridgehead atoms. The van der Waals surface area contributed by atoms with Crippen molar-refractivity contribution in [3.8, 4) is 0 Å². The Kier molecular flexibility index (Phi) is 6.69. The van der Waals surface area contributed by atoms with Crippen molar-refractivity contribution < 1.29 is 4.79 Å². The maximum absolute atomic E-state index is 12.3. The molecule has 2 fully saturated rings. The van der Waals surface area contributed by atoms with Crippen molar-refractivity contribution in [2.45, 2.75) is 76.1 Å². The summed E-state index contributed by atoms with van der Waals surface area (Å²) in [7, 11) is 0. The smallest absolute Gasteiger partial charge is 0.234 e. The number of hydrogen-bond acceptors (Lipinski definition) is 3. The first kappa shape index (κ1) is 16.2. The molecule has 0 radical (unpaired) electrons. The quantitative estimate of drug-likeness (QED) is 0.869. The molecule has 2 aliphatic rings. The van der Waals surface area contributed by atoms with Crippen LogP contribution in [-0.2, 0) is 4.79 Å². The van der Waals surface area contributed by atoms with E-state index in [2.05, 4.69) is 24.1 Å². The van der Waals surface area contributed by atoms with Gasteiger partial charge >= 0.3 is 0 Å². The summed E-state index contributed by atoms with van der Waals surface area (Å²) in [5.74, 6) is 1.39. The van der Waals surface area contributed by atoms with E-state index in [-0.39, 0.29) is 5.91 Å². The number of rotatable bonds is 3. The standard InChI is InChI=1S/C16H30N2OS/c1-13-14(2)20-11-10-18(13)12-16(19)17-15-8-6-4-3-5-7-9-15/h13-15H,3-12H2,1-2H3,(H,17,19)/t13-,14-/m1/s1. The summed E-state index contributed by atoms with van der Waals surface area (Å²) in [5, 5.41) is 3.92. The number of hydrogen-bond donors (Lipinski definition) is 1. The van der Waals surface area contributed by atoms with Crippen LogP contribution in [0.1, 0.15) is 58.8 Å². The largest absolute Gasteiger partial charge is 0.352 e. The van der Waals surface area contributed by atoms with Crippen LogP contribution >= 0.6 is 11.8 Å². The first-order valence-corrected chi connectivity index (χ1v) is 9.36. The van der Waals surface area contributed by atoms with E-state index in [4.69, 9.17) is 0 Å². The summed E-state index contributed by atoms with van der Waals surface area (Å²) in [4.78, 5) is 14.6. The van der Waals surface area contributed by atoms with Gasteiger partial charge in [0.2, 0.25) is 5.91 Å². The van der Waals surface area contributed by atoms with E-state index in [0.29, 0.717) is 23.9 Å². The van der Waals surface area contributed by atoms with Gasteiger partial charge in [-0.3, -0.25) is 9.69 Å². The van der Waals surface area contributed by atoms with Crippen molar-refractivity contribution in [2.75, 3.05) is 18.8 Å². The SMILES string of the molecule is C[C@@H]1[C@@H](C)SCCN1CC(=O)NC1CCCCCCC1. The van der Waals surface area contributed by atoms with Gasteiger partial charge in [-0.25, -0.2) is 0 Å². The maximum Gasteiger partial charge on any atom is 0.234 e. The number of carbonyl (C=O) groups excluding carboxylic acids is 1. The van der Waals surface area contributed by atoms with Crippen LogP contribution in [0.5, 0.6) is 0 Å². The molecule has 2 rings (SSSR count). The molecule has 0 spiro atoms. The Morgan fingerprint density at radius 3 is 2.50 bits per heavy atom. The number of amides is 1. The molecule has 0 aromatic carbocycles. The zero-order valence-electron chi connectivity index (χ0n) is 13.1. The summed E-state index contributed by atoms with van der Waals surface area (Å²) in [6.45, 7) is 6.16. The topological polar surface area (TPSA) is 32.3 Å². The molecule has 1 aliphatic carbocycles. The Balaban J connectivity index is 1.76. The number of carbonyl (C=O) groups is 1. The van der Waals surface area contributed by atoms with Gasteiger partial charge in [0, 0.05) is 29.6 Å². The molecule has 3 nitrogen and oxygen atoms in total. The second-order valence-corrected chi connectivity index (χ2v) is 7.88. The van der Waals surface area contributed by atoms with E-state index < -0.39 is 0 Å². The fourth-order valence-electron chi connectivity index (χ4n) is 3.28. The highest BCUT2D eigenvalue weighted by atomic mass is 32.2. The third-order valence-corrected chi connectivity index (χ3v) is 6.17. The van der Waals surface area contributed by atoms with Crippen LogP contribution in [-0.4, -0.2) is 47.0 Å². The molecule has 1 N–H and O–H groups in total. The van der Waals surface area contributed by atoms with Gasteiger partial charge in [0.15, 0.2) is 0 Å². The average Bonchev–Trinajstić information content (AvgIpc) is 2.38. The molecule has 4 heteroatoms. The van der Waals surface area contributed by atoms with Gasteiger partial charge in [-0.1, -0.05) is 39.0 Å². The predicted molar refractivity (Wildman–Crippen MR) is 87.2 cm³/mol. The number of nitrogens with zero attached hydrogens (tertiary/aromatic N) is 1. The first-order valence-electron chi connectivity index (χ1n) is 8.32. The van der Waals surface area contributed by atoms with E-state index in [0.717, 1.165) is 12.3 Å². The van der Waals surface area contributed by atoms with Gasteiger partial charge in [-0.2, -0.15) is 11.8 Å². The summed E-state index contributed by atoms with van der Waals surface area (Å²) >= 11 is 2.02. The highest BCUT2D eigenvalue weighted by Crippen LogP contribution is 2.24. The second-order valence-electron chi connectivity index (χ2n) is 6.40. The van der Waals surface area contributed by atoms with Gasteiger partial charge in [0.05, 0.1) is 6.54 Å². The lowest BCUT2D eigenvalue weighted by Crippen LogP contribution is -2.50. The molecule has 1 amide bonds. The van der Waals surface area contributed by atoms with Crippen LogP contribution in [0, 0.1) is 0 Å². The van der Waals surface area contributed by atoms with E-state index >= 15 is 0 Å². The highest BCUT2D eigenvalue weighted by molar-refractivity contribution is 8.00. The normalized spacial score (nSPS) is 30.5. The molecule has 1 saturated heterocycles. The average molecular weight is 298 g/mol. The zero-order chi connectivity index (χ0) is 14.4. The van der Waals surface area contributed by atoms with Crippen LogP contribution in [0.2, 0.25) is 0 Å². The highest BCUT2D eigenvalue weighted by Gasteiger charge is 2.27. The number of thioether (sulfide) groups is 1. The van der Waals surface area contributed by atoms with Crippen LogP contribution < -0.4 is 5.32 Å². The Bertz CT molecular complexity index is 303. The molecule has 20 heavy (non-hydrogen) atoms. The Morgan fingerprint density at radius 2 is 1.80 bits per heavy atom. The Hall–Kier alpha value is -0.220. The van der Waals surface area contributed by atoms with Crippen LogP contribution in [0.3, 0.4) is 0 Å². The molecule has 1 saturated carbocycles. The van der Waals surface area contributed by atoms with E-state index in [1.807, 2.05) is 11.8 Å². The summed E-state index contributed by atoms with van der Waals surface area (Å²) in [6, 6.07) is 0.937. The van der Waals surface area contributed by atoms with Crippen molar-refractivity contribution in [3.63, 3.8) is 0 Å². The third kappa shape index (κ3) is 4.96. The minimum atomic E-state index is 0.238. The van der Waals surface area contributed by atoms with Gasteiger partial charge < -0.3 is 5.32 Å². The van der Waals surface area contributed by atoms with Gasteiger partial charge in [-0.15, -0.1) is 0 Å². The lowest BCUT2D eigenvalue weighted by molar-refractivity contribution is -0.123. The first-order chi connectivity index (χ1) is 9.66.